The van der Waals surface area contributed by atoms with Gasteiger partial charge in [-0.05, 0) is 19.3 Å². The van der Waals surface area contributed by atoms with Gasteiger partial charge in [-0.1, -0.05) is 6.42 Å². The van der Waals surface area contributed by atoms with Crippen LogP contribution in [-0.4, -0.2) is 19.1 Å². The van der Waals surface area contributed by atoms with Crippen molar-refractivity contribution in [2.24, 2.45) is 11.7 Å². The number of benzene rings is 1. The third-order valence-corrected chi connectivity index (χ3v) is 3.58. The van der Waals surface area contributed by atoms with Gasteiger partial charge < -0.3 is 15.8 Å². The topological polar surface area (TPSA) is 64.3 Å². The molecule has 1 amide bonds. The molecule has 2 rings (SSSR count). The zero-order valence-electron chi connectivity index (χ0n) is 11.7. The first kappa shape index (κ1) is 17.7. The van der Waals surface area contributed by atoms with Gasteiger partial charge in [0, 0.05) is 24.1 Å². The van der Waals surface area contributed by atoms with Crippen LogP contribution in [0.25, 0.3) is 0 Å². The molecule has 0 heterocycles. The Hall–Kier alpha value is -1.40. The van der Waals surface area contributed by atoms with Gasteiger partial charge in [-0.25, -0.2) is 8.78 Å². The van der Waals surface area contributed by atoms with E-state index in [1.165, 1.54) is 7.11 Å². The number of carbonyl (C=O) groups excluding carboxylic acids is 1. The SMILES string of the molecule is COc1cc(F)c(NC(=O)C2CCCC(N)C2)cc1F.Cl. The van der Waals surface area contributed by atoms with Crippen LogP contribution in [0, 0.1) is 17.6 Å². The summed E-state index contributed by atoms with van der Waals surface area (Å²) in [5, 5.41) is 2.43. The zero-order valence-corrected chi connectivity index (χ0v) is 12.5. The second kappa shape index (κ2) is 7.56. The largest absolute Gasteiger partial charge is 0.494 e. The van der Waals surface area contributed by atoms with E-state index in [4.69, 9.17) is 5.73 Å². The lowest BCUT2D eigenvalue weighted by Crippen LogP contribution is -2.34. The highest BCUT2D eigenvalue weighted by molar-refractivity contribution is 5.92. The molecule has 3 N–H and O–H groups in total. The van der Waals surface area contributed by atoms with Crippen LogP contribution in [0.3, 0.4) is 0 Å². The fourth-order valence-electron chi connectivity index (χ4n) is 2.48. The van der Waals surface area contributed by atoms with E-state index in [-0.39, 0.29) is 41.7 Å². The Bertz CT molecular complexity index is 514. The van der Waals surface area contributed by atoms with Crippen LogP contribution in [0.4, 0.5) is 14.5 Å². The number of amides is 1. The maximum absolute atomic E-state index is 13.7. The molecule has 0 bridgehead atoms. The van der Waals surface area contributed by atoms with E-state index in [9.17, 15) is 13.6 Å². The van der Waals surface area contributed by atoms with E-state index in [1.54, 1.807) is 0 Å². The summed E-state index contributed by atoms with van der Waals surface area (Å²) in [6, 6.07) is 1.84. The van der Waals surface area contributed by atoms with Crippen molar-refractivity contribution >= 4 is 24.0 Å². The highest BCUT2D eigenvalue weighted by Gasteiger charge is 2.26. The van der Waals surface area contributed by atoms with Gasteiger partial charge >= 0.3 is 0 Å². The molecule has 1 aliphatic carbocycles. The number of rotatable bonds is 3. The first-order valence-corrected chi connectivity index (χ1v) is 6.60. The maximum Gasteiger partial charge on any atom is 0.227 e. The summed E-state index contributed by atoms with van der Waals surface area (Å²) >= 11 is 0. The second-order valence-electron chi connectivity index (χ2n) is 5.08. The number of anilines is 1. The second-order valence-corrected chi connectivity index (χ2v) is 5.08. The van der Waals surface area contributed by atoms with Gasteiger partial charge in [0.15, 0.2) is 17.4 Å². The van der Waals surface area contributed by atoms with Crippen LogP contribution in [0.15, 0.2) is 12.1 Å². The van der Waals surface area contributed by atoms with Crippen molar-refractivity contribution in [2.45, 2.75) is 31.7 Å². The maximum atomic E-state index is 13.7. The number of ether oxygens (including phenoxy) is 1. The lowest BCUT2D eigenvalue weighted by molar-refractivity contribution is -0.120. The van der Waals surface area contributed by atoms with E-state index >= 15 is 0 Å². The number of nitrogens with one attached hydrogen (secondary N) is 1. The smallest absolute Gasteiger partial charge is 0.227 e. The lowest BCUT2D eigenvalue weighted by atomic mass is 9.85. The van der Waals surface area contributed by atoms with E-state index in [0.717, 1.165) is 31.4 Å². The number of carbonyl (C=O) groups is 1. The van der Waals surface area contributed by atoms with E-state index in [1.807, 2.05) is 0 Å². The summed E-state index contributed by atoms with van der Waals surface area (Å²) < 4.78 is 31.9. The van der Waals surface area contributed by atoms with Crippen molar-refractivity contribution in [2.75, 3.05) is 12.4 Å². The van der Waals surface area contributed by atoms with Crippen molar-refractivity contribution in [3.63, 3.8) is 0 Å². The Kier molecular flexibility index (Phi) is 6.36. The molecule has 2 atom stereocenters. The van der Waals surface area contributed by atoms with Crippen molar-refractivity contribution in [3.8, 4) is 5.75 Å². The van der Waals surface area contributed by atoms with Crippen molar-refractivity contribution in [1.82, 2.24) is 0 Å². The summed E-state index contributed by atoms with van der Waals surface area (Å²) in [5.41, 5.74) is 5.64. The van der Waals surface area contributed by atoms with Crippen LogP contribution in [-0.2, 0) is 4.79 Å². The average molecular weight is 321 g/mol. The molecule has 7 heteroatoms. The van der Waals surface area contributed by atoms with Crippen LogP contribution in [0.1, 0.15) is 25.7 Å². The Morgan fingerprint density at radius 1 is 1.33 bits per heavy atom. The quantitative estimate of drug-likeness (QED) is 0.900. The molecule has 118 valence electrons. The minimum Gasteiger partial charge on any atom is -0.494 e. The minimum absolute atomic E-state index is 0. The molecule has 1 aromatic rings. The summed E-state index contributed by atoms with van der Waals surface area (Å²) in [4.78, 5) is 12.0. The molecule has 1 aliphatic rings. The number of halogens is 3. The van der Waals surface area contributed by atoms with E-state index < -0.39 is 11.6 Å². The van der Waals surface area contributed by atoms with Gasteiger partial charge in [-0.15, -0.1) is 12.4 Å². The average Bonchev–Trinajstić information content (AvgIpc) is 2.42. The van der Waals surface area contributed by atoms with Gasteiger partial charge in [0.25, 0.3) is 0 Å². The molecule has 1 saturated carbocycles. The molecule has 2 unspecified atom stereocenters. The molecule has 0 aliphatic heterocycles. The third kappa shape index (κ3) is 4.28. The molecular formula is C14H19ClF2N2O2. The Labute approximate surface area is 128 Å². The predicted octanol–water partition coefficient (Wildman–Crippen LogP) is 2.85. The van der Waals surface area contributed by atoms with E-state index in [2.05, 4.69) is 10.1 Å². The number of hydrogen-bond acceptors (Lipinski definition) is 3. The van der Waals surface area contributed by atoms with Gasteiger partial charge in [-0.3, -0.25) is 4.79 Å². The molecule has 1 aromatic carbocycles. The normalized spacial score (nSPS) is 21.3. The van der Waals surface area contributed by atoms with Crippen molar-refractivity contribution in [3.05, 3.63) is 23.8 Å². The standard InChI is InChI=1S/C14H18F2N2O2.ClH/c1-20-13-7-10(15)12(6-11(13)16)18-14(19)8-3-2-4-9(17)5-8;/h6-9H,2-5,17H2,1H3,(H,18,19);1H. The molecule has 4 nitrogen and oxygen atoms in total. The van der Waals surface area contributed by atoms with Crippen LogP contribution >= 0.6 is 12.4 Å². The number of hydrogen-bond donors (Lipinski definition) is 2. The van der Waals surface area contributed by atoms with Gasteiger partial charge in [0.2, 0.25) is 5.91 Å². The van der Waals surface area contributed by atoms with Gasteiger partial charge in [-0.2, -0.15) is 0 Å². The first-order valence-electron chi connectivity index (χ1n) is 6.60. The number of methoxy groups -OCH3 is 1. The highest BCUT2D eigenvalue weighted by atomic mass is 35.5. The third-order valence-electron chi connectivity index (χ3n) is 3.58. The Balaban J connectivity index is 0.00000220. The molecule has 0 saturated heterocycles. The first-order chi connectivity index (χ1) is 9.51. The summed E-state index contributed by atoms with van der Waals surface area (Å²) in [6.07, 6.45) is 3.07. The molecular weight excluding hydrogens is 302 g/mol. The summed E-state index contributed by atoms with van der Waals surface area (Å²) in [7, 11) is 1.25. The summed E-state index contributed by atoms with van der Waals surface area (Å²) in [6.45, 7) is 0. The zero-order chi connectivity index (χ0) is 14.7. The van der Waals surface area contributed by atoms with E-state index in [0.29, 0.717) is 6.42 Å². The fraction of sp³-hybridized carbons (Fsp3) is 0.500. The molecule has 21 heavy (non-hydrogen) atoms. The molecule has 0 spiro atoms. The van der Waals surface area contributed by atoms with Gasteiger partial charge in [0.1, 0.15) is 0 Å². The lowest BCUT2D eigenvalue weighted by Gasteiger charge is -2.25. The molecule has 0 aromatic heterocycles. The summed E-state index contributed by atoms with van der Waals surface area (Å²) in [5.74, 6) is -2.20. The van der Waals surface area contributed by atoms with Crippen molar-refractivity contribution < 1.29 is 18.3 Å². The molecule has 1 fully saturated rings. The fourth-order valence-corrected chi connectivity index (χ4v) is 2.48. The van der Waals surface area contributed by atoms with Crippen LogP contribution in [0.5, 0.6) is 5.75 Å². The van der Waals surface area contributed by atoms with Crippen LogP contribution in [0.2, 0.25) is 0 Å². The number of nitrogens with two attached hydrogens (primary N) is 1. The Morgan fingerprint density at radius 3 is 2.67 bits per heavy atom. The minimum atomic E-state index is -0.725. The van der Waals surface area contributed by atoms with Crippen molar-refractivity contribution in [1.29, 1.82) is 0 Å². The predicted molar refractivity (Wildman–Crippen MR) is 78.7 cm³/mol. The Morgan fingerprint density at radius 2 is 2.05 bits per heavy atom. The highest BCUT2D eigenvalue weighted by Crippen LogP contribution is 2.27. The monoisotopic (exact) mass is 320 g/mol. The van der Waals surface area contributed by atoms with Gasteiger partial charge in [0.05, 0.1) is 12.8 Å². The van der Waals surface area contributed by atoms with Crippen LogP contribution < -0.4 is 15.8 Å². The molecule has 0 radical (unpaired) electrons.